The van der Waals surface area contributed by atoms with E-state index in [9.17, 15) is 10.1 Å². The normalized spacial score (nSPS) is 10.3. The zero-order valence-corrected chi connectivity index (χ0v) is 11.8. The van der Waals surface area contributed by atoms with E-state index in [-0.39, 0.29) is 17.4 Å². The molecule has 0 unspecified atom stereocenters. The summed E-state index contributed by atoms with van der Waals surface area (Å²) >= 11 is 0. The van der Waals surface area contributed by atoms with Crippen LogP contribution < -0.4 is 10.1 Å². The fourth-order valence-electron chi connectivity index (χ4n) is 1.49. The fraction of sp³-hybridized carbons (Fsp3) is 0.667. The third-order valence-corrected chi connectivity index (χ3v) is 2.38. The lowest BCUT2D eigenvalue weighted by Gasteiger charge is -2.09. The number of hydrogen-bond acceptors (Lipinski definition) is 7. The first-order valence-electron chi connectivity index (χ1n) is 6.64. The minimum Gasteiger partial charge on any atom is -0.473 e. The van der Waals surface area contributed by atoms with Crippen LogP contribution in [0.4, 0.5) is 11.5 Å². The van der Waals surface area contributed by atoms with Gasteiger partial charge in [0.1, 0.15) is 6.33 Å². The maximum Gasteiger partial charge on any atom is 0.372 e. The molecule has 0 aliphatic carbocycles. The third kappa shape index (κ3) is 4.96. The molecule has 0 aromatic carbocycles. The van der Waals surface area contributed by atoms with Gasteiger partial charge in [0.05, 0.1) is 11.5 Å². The maximum atomic E-state index is 11.1. The van der Waals surface area contributed by atoms with E-state index in [0.29, 0.717) is 26.4 Å². The Hall–Kier alpha value is -1.96. The van der Waals surface area contributed by atoms with Crippen LogP contribution in [-0.2, 0) is 4.74 Å². The Labute approximate surface area is 117 Å². The van der Waals surface area contributed by atoms with Crippen LogP contribution in [-0.4, -0.2) is 41.3 Å². The summed E-state index contributed by atoms with van der Waals surface area (Å²) in [5.41, 5.74) is -0.225. The van der Waals surface area contributed by atoms with Gasteiger partial charge in [-0.15, -0.1) is 0 Å². The van der Waals surface area contributed by atoms with Gasteiger partial charge in [0, 0.05) is 19.8 Å². The molecule has 1 rings (SSSR count). The van der Waals surface area contributed by atoms with Gasteiger partial charge in [-0.3, -0.25) is 10.1 Å². The van der Waals surface area contributed by atoms with Crippen molar-refractivity contribution in [3.63, 3.8) is 0 Å². The molecule has 1 N–H and O–H groups in total. The smallest absolute Gasteiger partial charge is 0.372 e. The number of aromatic nitrogens is 2. The van der Waals surface area contributed by atoms with E-state index < -0.39 is 4.92 Å². The van der Waals surface area contributed by atoms with Crippen molar-refractivity contribution in [2.24, 2.45) is 0 Å². The zero-order chi connectivity index (χ0) is 14.8. The van der Waals surface area contributed by atoms with E-state index in [4.69, 9.17) is 9.47 Å². The van der Waals surface area contributed by atoms with Crippen LogP contribution in [0.25, 0.3) is 0 Å². The van der Waals surface area contributed by atoms with Crippen molar-refractivity contribution in [1.82, 2.24) is 9.97 Å². The van der Waals surface area contributed by atoms with Crippen molar-refractivity contribution < 1.29 is 14.4 Å². The molecular formula is C12H20N4O4. The molecule has 20 heavy (non-hydrogen) atoms. The molecule has 0 fully saturated rings. The molecule has 0 radical (unpaired) electrons. The summed E-state index contributed by atoms with van der Waals surface area (Å²) < 4.78 is 10.5. The summed E-state index contributed by atoms with van der Waals surface area (Å²) in [5.74, 6) is 0.173. The zero-order valence-electron chi connectivity index (χ0n) is 11.8. The number of nitro groups is 1. The van der Waals surface area contributed by atoms with E-state index in [1.807, 2.05) is 13.8 Å². The molecule has 0 atom stereocenters. The Morgan fingerprint density at radius 3 is 2.80 bits per heavy atom. The van der Waals surface area contributed by atoms with E-state index in [1.54, 1.807) is 0 Å². The van der Waals surface area contributed by atoms with Crippen molar-refractivity contribution in [3.8, 4) is 5.88 Å². The van der Waals surface area contributed by atoms with Crippen LogP contribution in [0, 0.1) is 10.1 Å². The Bertz CT molecular complexity index is 428. The predicted octanol–water partition coefficient (Wildman–Crippen LogP) is 2.01. The van der Waals surface area contributed by atoms with Gasteiger partial charge in [0.15, 0.2) is 0 Å². The van der Waals surface area contributed by atoms with Gasteiger partial charge in [0.2, 0.25) is 5.82 Å². The maximum absolute atomic E-state index is 11.1. The van der Waals surface area contributed by atoms with Crippen LogP contribution in [0.5, 0.6) is 5.88 Å². The number of ether oxygens (including phenoxy) is 2. The summed E-state index contributed by atoms with van der Waals surface area (Å²) in [4.78, 5) is 18.3. The highest BCUT2D eigenvalue weighted by molar-refractivity contribution is 5.61. The molecule has 1 heterocycles. The van der Waals surface area contributed by atoms with Gasteiger partial charge >= 0.3 is 5.69 Å². The summed E-state index contributed by atoms with van der Waals surface area (Å²) in [6.07, 6.45) is 2.74. The summed E-state index contributed by atoms with van der Waals surface area (Å²) in [5, 5.41) is 14.0. The monoisotopic (exact) mass is 284 g/mol. The first-order valence-corrected chi connectivity index (χ1v) is 6.64. The van der Waals surface area contributed by atoms with Gasteiger partial charge < -0.3 is 14.8 Å². The second-order valence-electron chi connectivity index (χ2n) is 3.96. The first kappa shape index (κ1) is 16.1. The van der Waals surface area contributed by atoms with Gasteiger partial charge in [0.25, 0.3) is 5.88 Å². The number of nitrogens with one attached hydrogen (secondary N) is 1. The molecule has 0 aliphatic rings. The highest BCUT2D eigenvalue weighted by Crippen LogP contribution is 2.30. The lowest BCUT2D eigenvalue weighted by molar-refractivity contribution is -0.385. The fourth-order valence-corrected chi connectivity index (χ4v) is 1.49. The SMILES string of the molecule is CCCOc1ncnc(NCCCOCC)c1[N+](=O)[O-]. The molecular weight excluding hydrogens is 264 g/mol. The van der Waals surface area contributed by atoms with Crippen LogP contribution in [0.1, 0.15) is 26.7 Å². The lowest BCUT2D eigenvalue weighted by atomic mass is 10.4. The molecule has 0 spiro atoms. The van der Waals surface area contributed by atoms with E-state index in [2.05, 4.69) is 15.3 Å². The quantitative estimate of drug-likeness (QED) is 0.398. The van der Waals surface area contributed by atoms with Crippen LogP contribution in [0.3, 0.4) is 0 Å². The predicted molar refractivity (Wildman–Crippen MR) is 74.1 cm³/mol. The summed E-state index contributed by atoms with van der Waals surface area (Å²) in [7, 11) is 0. The molecule has 0 aliphatic heterocycles. The average molecular weight is 284 g/mol. The molecule has 8 nitrogen and oxygen atoms in total. The van der Waals surface area contributed by atoms with Crippen molar-refractivity contribution in [2.75, 3.05) is 31.7 Å². The Morgan fingerprint density at radius 2 is 2.15 bits per heavy atom. The van der Waals surface area contributed by atoms with Crippen molar-refractivity contribution in [1.29, 1.82) is 0 Å². The number of hydrogen-bond donors (Lipinski definition) is 1. The minimum atomic E-state index is -0.532. The molecule has 0 bridgehead atoms. The topological polar surface area (TPSA) is 99.4 Å². The standard InChI is InChI=1S/C12H20N4O4/c1-3-7-20-12-10(16(17)18)11(14-9-15-12)13-6-5-8-19-4-2/h9H,3-8H2,1-2H3,(H,13,14,15). The second kappa shape index (κ2) is 9.03. The van der Waals surface area contributed by atoms with Crippen molar-refractivity contribution in [2.45, 2.75) is 26.7 Å². The van der Waals surface area contributed by atoms with Crippen LogP contribution in [0.2, 0.25) is 0 Å². The molecule has 0 saturated heterocycles. The first-order chi connectivity index (χ1) is 9.70. The molecule has 1 aromatic heterocycles. The average Bonchev–Trinajstić information content (AvgIpc) is 2.44. The molecule has 0 amide bonds. The van der Waals surface area contributed by atoms with Crippen LogP contribution >= 0.6 is 0 Å². The summed E-state index contributed by atoms with van der Waals surface area (Å²) in [6.45, 7) is 6.00. The molecule has 112 valence electrons. The highest BCUT2D eigenvalue weighted by Gasteiger charge is 2.23. The Kier molecular flexibility index (Phi) is 7.26. The second-order valence-corrected chi connectivity index (χ2v) is 3.96. The van der Waals surface area contributed by atoms with Crippen LogP contribution in [0.15, 0.2) is 6.33 Å². The van der Waals surface area contributed by atoms with E-state index in [1.165, 1.54) is 6.33 Å². The molecule has 8 heteroatoms. The number of nitrogens with zero attached hydrogens (tertiary/aromatic N) is 3. The molecule has 1 aromatic rings. The van der Waals surface area contributed by atoms with Gasteiger partial charge in [-0.05, 0) is 19.8 Å². The third-order valence-electron chi connectivity index (χ3n) is 2.38. The summed E-state index contributed by atoms with van der Waals surface area (Å²) in [6, 6.07) is 0. The van der Waals surface area contributed by atoms with Crippen molar-refractivity contribution in [3.05, 3.63) is 16.4 Å². The van der Waals surface area contributed by atoms with Gasteiger partial charge in [-0.1, -0.05) is 6.92 Å². The van der Waals surface area contributed by atoms with Crippen molar-refractivity contribution >= 4 is 11.5 Å². The van der Waals surface area contributed by atoms with E-state index >= 15 is 0 Å². The van der Waals surface area contributed by atoms with Gasteiger partial charge in [-0.25, -0.2) is 4.98 Å². The lowest BCUT2D eigenvalue weighted by Crippen LogP contribution is -2.11. The van der Waals surface area contributed by atoms with Gasteiger partial charge in [-0.2, -0.15) is 4.98 Å². The number of rotatable bonds is 10. The Morgan fingerprint density at radius 1 is 1.35 bits per heavy atom. The Balaban J connectivity index is 2.71. The molecule has 0 saturated carbocycles. The largest absolute Gasteiger partial charge is 0.473 e. The minimum absolute atomic E-state index is 0.000779. The van der Waals surface area contributed by atoms with E-state index in [0.717, 1.165) is 12.8 Å². The highest BCUT2D eigenvalue weighted by atomic mass is 16.6. The number of anilines is 1.